The van der Waals surface area contributed by atoms with Crippen molar-refractivity contribution in [2.45, 2.75) is 96.1 Å². The van der Waals surface area contributed by atoms with Gasteiger partial charge in [-0.15, -0.1) is 0 Å². The summed E-state index contributed by atoms with van der Waals surface area (Å²) in [4.78, 5) is 11.1. The molecule has 1 heterocycles. The maximum atomic E-state index is 11.1. The molecule has 1 aliphatic rings. The molecular formula is C19H35NO3. The van der Waals surface area contributed by atoms with Crippen LogP contribution in [0.2, 0.25) is 0 Å². The van der Waals surface area contributed by atoms with Crippen LogP contribution >= 0.6 is 0 Å². The van der Waals surface area contributed by atoms with Crippen LogP contribution in [-0.4, -0.2) is 30.0 Å². The van der Waals surface area contributed by atoms with Crippen molar-refractivity contribution < 1.29 is 14.6 Å². The Hall–Kier alpha value is -1.03. The number of allylic oxidation sites excluding steroid dienone is 1. The quantitative estimate of drug-likeness (QED) is 0.359. The van der Waals surface area contributed by atoms with Crippen LogP contribution in [0.3, 0.4) is 0 Å². The van der Waals surface area contributed by atoms with Gasteiger partial charge in [0.2, 0.25) is 0 Å². The van der Waals surface area contributed by atoms with Crippen molar-refractivity contribution >= 4 is 6.09 Å². The Labute approximate surface area is 141 Å². The SMILES string of the molecule is CCCCCCCCCCCCCC=CC1OC(=O)NC1CO. The van der Waals surface area contributed by atoms with Crippen LogP contribution in [0.1, 0.15) is 84.0 Å². The summed E-state index contributed by atoms with van der Waals surface area (Å²) >= 11 is 0. The first kappa shape index (κ1) is 20.0. The summed E-state index contributed by atoms with van der Waals surface area (Å²) < 4.78 is 5.08. The highest BCUT2D eigenvalue weighted by atomic mass is 16.6. The first-order valence-electron chi connectivity index (χ1n) is 9.52. The van der Waals surface area contributed by atoms with E-state index in [-0.39, 0.29) is 18.8 Å². The van der Waals surface area contributed by atoms with Crippen LogP contribution in [0.25, 0.3) is 0 Å². The normalized spacial score (nSPS) is 20.9. The molecular weight excluding hydrogens is 290 g/mol. The van der Waals surface area contributed by atoms with Gasteiger partial charge in [-0.1, -0.05) is 77.2 Å². The van der Waals surface area contributed by atoms with Gasteiger partial charge in [0, 0.05) is 0 Å². The number of ether oxygens (including phenoxy) is 1. The maximum absolute atomic E-state index is 11.1. The lowest BCUT2D eigenvalue weighted by molar-refractivity contribution is 0.143. The average Bonchev–Trinajstić information content (AvgIpc) is 2.91. The lowest BCUT2D eigenvalue weighted by atomic mass is 10.0. The molecule has 4 heteroatoms. The molecule has 1 rings (SSSR count). The second-order valence-electron chi connectivity index (χ2n) is 6.56. The van der Waals surface area contributed by atoms with E-state index in [1.54, 1.807) is 0 Å². The highest BCUT2D eigenvalue weighted by Crippen LogP contribution is 2.13. The first-order chi connectivity index (χ1) is 11.3. The Balaban J connectivity index is 1.88. The minimum Gasteiger partial charge on any atom is -0.440 e. The van der Waals surface area contributed by atoms with Crippen molar-refractivity contribution in [1.29, 1.82) is 0 Å². The minimum absolute atomic E-state index is 0.0841. The molecule has 2 atom stereocenters. The molecule has 0 aromatic carbocycles. The topological polar surface area (TPSA) is 58.6 Å². The molecule has 0 aromatic heterocycles. The molecule has 0 aliphatic carbocycles. The Morgan fingerprint density at radius 2 is 1.57 bits per heavy atom. The Morgan fingerprint density at radius 1 is 1.00 bits per heavy atom. The number of amides is 1. The second kappa shape index (κ2) is 13.4. The van der Waals surface area contributed by atoms with Crippen molar-refractivity contribution in [3.05, 3.63) is 12.2 Å². The summed E-state index contributed by atoms with van der Waals surface area (Å²) in [6, 6.07) is -0.295. The summed E-state index contributed by atoms with van der Waals surface area (Å²) in [7, 11) is 0. The highest BCUT2D eigenvalue weighted by molar-refractivity contribution is 5.70. The third-order valence-electron chi connectivity index (χ3n) is 4.44. The third kappa shape index (κ3) is 9.65. The number of carbonyl (C=O) groups is 1. The maximum Gasteiger partial charge on any atom is 0.408 e. The van der Waals surface area contributed by atoms with Gasteiger partial charge in [0.05, 0.1) is 12.6 Å². The van der Waals surface area contributed by atoms with E-state index in [4.69, 9.17) is 9.84 Å². The molecule has 23 heavy (non-hydrogen) atoms. The summed E-state index contributed by atoms with van der Waals surface area (Å²) in [5, 5.41) is 11.7. The van der Waals surface area contributed by atoms with Gasteiger partial charge in [-0.05, 0) is 18.9 Å². The zero-order valence-electron chi connectivity index (χ0n) is 14.8. The van der Waals surface area contributed by atoms with Gasteiger partial charge in [-0.3, -0.25) is 0 Å². The fourth-order valence-corrected chi connectivity index (χ4v) is 2.95. The Bertz CT molecular complexity index is 331. The van der Waals surface area contributed by atoms with Crippen LogP contribution in [0.5, 0.6) is 0 Å². The molecule has 4 nitrogen and oxygen atoms in total. The van der Waals surface area contributed by atoms with Gasteiger partial charge in [0.25, 0.3) is 0 Å². The van der Waals surface area contributed by atoms with Crippen molar-refractivity contribution in [2.75, 3.05) is 6.61 Å². The molecule has 134 valence electrons. The van der Waals surface area contributed by atoms with E-state index in [2.05, 4.69) is 18.3 Å². The fraction of sp³-hybridized carbons (Fsp3) is 0.842. The molecule has 1 saturated heterocycles. The van der Waals surface area contributed by atoms with Gasteiger partial charge < -0.3 is 15.2 Å². The van der Waals surface area contributed by atoms with Crippen LogP contribution in [0, 0.1) is 0 Å². The summed E-state index contributed by atoms with van der Waals surface area (Å²) in [5.41, 5.74) is 0. The summed E-state index contributed by atoms with van der Waals surface area (Å²) in [5.74, 6) is 0. The molecule has 1 amide bonds. The predicted molar refractivity (Wildman–Crippen MR) is 94.5 cm³/mol. The smallest absolute Gasteiger partial charge is 0.408 e. The van der Waals surface area contributed by atoms with E-state index in [1.807, 2.05) is 6.08 Å². The van der Waals surface area contributed by atoms with Gasteiger partial charge in [-0.25, -0.2) is 4.79 Å². The molecule has 0 spiro atoms. The predicted octanol–water partition coefficient (Wildman–Crippen LogP) is 4.71. The van der Waals surface area contributed by atoms with Crippen molar-refractivity contribution in [3.8, 4) is 0 Å². The number of alkyl carbamates (subject to hydrolysis) is 1. The minimum atomic E-state index is -0.437. The average molecular weight is 325 g/mol. The molecule has 0 bridgehead atoms. The second-order valence-corrected chi connectivity index (χ2v) is 6.56. The third-order valence-corrected chi connectivity index (χ3v) is 4.44. The summed E-state index contributed by atoms with van der Waals surface area (Å²) in [6.45, 7) is 2.18. The van der Waals surface area contributed by atoms with Gasteiger partial charge >= 0.3 is 6.09 Å². The van der Waals surface area contributed by atoms with E-state index in [1.165, 1.54) is 70.6 Å². The Kier molecular flexibility index (Phi) is 11.7. The monoisotopic (exact) mass is 325 g/mol. The summed E-state index contributed by atoms with van der Waals surface area (Å²) in [6.07, 6.45) is 19.1. The van der Waals surface area contributed by atoms with E-state index >= 15 is 0 Å². The number of cyclic esters (lactones) is 1. The van der Waals surface area contributed by atoms with Crippen LogP contribution in [0.15, 0.2) is 12.2 Å². The van der Waals surface area contributed by atoms with Crippen molar-refractivity contribution in [3.63, 3.8) is 0 Å². The van der Waals surface area contributed by atoms with Crippen LogP contribution in [0.4, 0.5) is 4.79 Å². The number of hydrogen-bond acceptors (Lipinski definition) is 3. The number of hydrogen-bond donors (Lipinski definition) is 2. The zero-order chi connectivity index (χ0) is 16.8. The number of carbonyl (C=O) groups excluding carboxylic acids is 1. The standard InChI is InChI=1S/C19H35NO3/c1-2-3-4-5-6-7-8-9-10-11-12-13-14-15-18-17(16-21)20-19(22)23-18/h14-15,17-18,21H,2-13,16H2,1H3,(H,20,22). The van der Waals surface area contributed by atoms with E-state index in [0.29, 0.717) is 0 Å². The van der Waals surface area contributed by atoms with E-state index in [0.717, 1.165) is 6.42 Å². The van der Waals surface area contributed by atoms with Gasteiger partial charge in [0.15, 0.2) is 0 Å². The lowest BCUT2D eigenvalue weighted by Gasteiger charge is -2.09. The fourth-order valence-electron chi connectivity index (χ4n) is 2.95. The molecule has 1 fully saturated rings. The Morgan fingerprint density at radius 3 is 2.13 bits per heavy atom. The number of rotatable bonds is 14. The van der Waals surface area contributed by atoms with Crippen LogP contribution in [-0.2, 0) is 4.74 Å². The van der Waals surface area contributed by atoms with Crippen molar-refractivity contribution in [2.24, 2.45) is 0 Å². The molecule has 0 aromatic rings. The van der Waals surface area contributed by atoms with Crippen LogP contribution < -0.4 is 5.32 Å². The zero-order valence-corrected chi connectivity index (χ0v) is 14.8. The first-order valence-corrected chi connectivity index (χ1v) is 9.52. The van der Waals surface area contributed by atoms with E-state index < -0.39 is 6.09 Å². The molecule has 0 saturated carbocycles. The number of nitrogens with one attached hydrogen (secondary N) is 1. The lowest BCUT2D eigenvalue weighted by Crippen LogP contribution is -2.33. The van der Waals surface area contributed by atoms with Gasteiger partial charge in [0.1, 0.15) is 6.10 Å². The van der Waals surface area contributed by atoms with Crippen molar-refractivity contribution in [1.82, 2.24) is 5.32 Å². The van der Waals surface area contributed by atoms with E-state index in [9.17, 15) is 4.79 Å². The number of unbranched alkanes of at least 4 members (excludes halogenated alkanes) is 11. The highest BCUT2D eigenvalue weighted by Gasteiger charge is 2.31. The largest absolute Gasteiger partial charge is 0.440 e. The molecule has 2 N–H and O–H groups in total. The number of aliphatic hydroxyl groups is 1. The molecule has 2 unspecified atom stereocenters. The molecule has 0 radical (unpaired) electrons. The molecule has 1 aliphatic heterocycles. The number of aliphatic hydroxyl groups excluding tert-OH is 1. The van der Waals surface area contributed by atoms with Gasteiger partial charge in [-0.2, -0.15) is 0 Å².